The van der Waals surface area contributed by atoms with Crippen LogP contribution in [0.3, 0.4) is 0 Å². The van der Waals surface area contributed by atoms with Crippen LogP contribution in [0.15, 0.2) is 137 Å². The molecule has 0 unspecified atom stereocenters. The molecule has 3 aliphatic rings. The Morgan fingerprint density at radius 3 is 1.97 bits per heavy atom. The molecule has 6 N–H and O–H groups in total. The molecule has 0 spiro atoms. The van der Waals surface area contributed by atoms with Crippen LogP contribution in [-0.2, 0) is 13.1 Å². The molecule has 15 nitrogen and oxygen atoms in total. The van der Waals surface area contributed by atoms with E-state index >= 15 is 0 Å². The molecule has 6 aromatic carbocycles. The van der Waals surface area contributed by atoms with Gasteiger partial charge in [-0.15, -0.1) is 0 Å². The van der Waals surface area contributed by atoms with Crippen LogP contribution in [0.1, 0.15) is 74.0 Å². The van der Waals surface area contributed by atoms with Gasteiger partial charge in [0.2, 0.25) is 0 Å². The molecule has 0 aromatic heterocycles. The lowest BCUT2D eigenvalue weighted by atomic mass is 9.88. The van der Waals surface area contributed by atoms with Gasteiger partial charge in [0.1, 0.15) is 28.6 Å². The SMILES string of the molecule is C=c1ccc2c(c1)Oc1cc(N(C)C)ccc1C=2c1ccc(C(=O)NCc2ccc(C(=O)NCc3c4oc5cc(O)ccc5c(-c5ccc(C(=O)O)cc5C(=O)O)c-4ccc3=O)cc2)cc1C(=O)O. The number of nitrogens with zero attached hydrogens (tertiary/aromatic N) is 1. The molecule has 0 radical (unpaired) electrons. The Kier molecular flexibility index (Phi) is 11.5. The van der Waals surface area contributed by atoms with Crippen molar-refractivity contribution in [1.29, 1.82) is 0 Å². The maximum Gasteiger partial charge on any atom is 0.336 e. The van der Waals surface area contributed by atoms with Gasteiger partial charge in [-0.1, -0.05) is 43.0 Å². The number of aromatic hydroxyl groups is 1. The van der Waals surface area contributed by atoms with E-state index in [0.29, 0.717) is 55.5 Å². The molecule has 6 aromatic rings. The minimum absolute atomic E-state index is 0.00955. The van der Waals surface area contributed by atoms with E-state index in [1.165, 1.54) is 60.7 Å². The number of anilines is 1. The Bertz CT molecular complexity index is 3650. The number of carboxylic acid groups (broad SMARTS) is 3. The van der Waals surface area contributed by atoms with Gasteiger partial charge in [-0.2, -0.15) is 0 Å². The number of phenolic OH excluding ortho intramolecular Hbond substituents is 1. The van der Waals surface area contributed by atoms with Crippen molar-refractivity contribution in [2.75, 3.05) is 19.0 Å². The zero-order valence-corrected chi connectivity index (χ0v) is 36.7. The summed E-state index contributed by atoms with van der Waals surface area (Å²) >= 11 is 0. The average Bonchev–Trinajstić information content (AvgIpc) is 3.33. The molecule has 2 amide bonds. The van der Waals surface area contributed by atoms with Crippen molar-refractivity contribution in [2.24, 2.45) is 0 Å². The van der Waals surface area contributed by atoms with Crippen molar-refractivity contribution >= 4 is 58.5 Å². The Balaban J connectivity index is 0.931. The number of carboxylic acids is 3. The number of aromatic carboxylic acids is 3. The van der Waals surface area contributed by atoms with Gasteiger partial charge in [-0.25, -0.2) is 14.4 Å². The quantitative estimate of drug-likeness (QED) is 0.0675. The summed E-state index contributed by atoms with van der Waals surface area (Å²) in [5.74, 6) is -4.14. The van der Waals surface area contributed by atoms with E-state index in [9.17, 15) is 49.2 Å². The second kappa shape index (κ2) is 17.7. The number of benzene rings is 7. The third kappa shape index (κ3) is 8.47. The van der Waals surface area contributed by atoms with Crippen LogP contribution in [-0.4, -0.2) is 64.2 Å². The van der Waals surface area contributed by atoms with Gasteiger partial charge >= 0.3 is 17.9 Å². The molecular formula is C54H39N3O12. The minimum atomic E-state index is -1.40. The molecule has 0 fully saturated rings. The van der Waals surface area contributed by atoms with Crippen molar-refractivity contribution in [2.45, 2.75) is 13.1 Å². The molecule has 0 bridgehead atoms. The number of hydrogen-bond acceptors (Lipinski definition) is 10. The summed E-state index contributed by atoms with van der Waals surface area (Å²) < 4.78 is 12.4. The van der Waals surface area contributed by atoms with Gasteiger partial charge in [-0.3, -0.25) is 14.4 Å². The lowest BCUT2D eigenvalue weighted by Gasteiger charge is -2.24. The first-order valence-electron chi connectivity index (χ1n) is 21.2. The highest BCUT2D eigenvalue weighted by Gasteiger charge is 2.28. The number of rotatable bonds is 12. The Labute approximate surface area is 391 Å². The highest BCUT2D eigenvalue weighted by Crippen LogP contribution is 2.44. The molecule has 69 heavy (non-hydrogen) atoms. The summed E-state index contributed by atoms with van der Waals surface area (Å²) in [5, 5.41) is 47.8. The number of nitrogens with one attached hydrogen (secondary N) is 2. The third-order valence-corrected chi connectivity index (χ3v) is 11.9. The first kappa shape index (κ1) is 44.7. The molecule has 1 aliphatic carbocycles. The predicted octanol–water partition coefficient (Wildman–Crippen LogP) is 7.05. The first-order chi connectivity index (χ1) is 33.1. The number of carbonyl (C=O) groups excluding carboxylic acids is 2. The fraction of sp³-hybridized carbons (Fsp3) is 0.0741. The Hall–Kier alpha value is -9.50. The van der Waals surface area contributed by atoms with Crippen molar-refractivity contribution < 1.29 is 53.6 Å². The lowest BCUT2D eigenvalue weighted by Crippen LogP contribution is -2.27. The fourth-order valence-corrected chi connectivity index (χ4v) is 8.41. The van der Waals surface area contributed by atoms with Gasteiger partial charge < -0.3 is 45.1 Å². The molecule has 2 aliphatic heterocycles. The Morgan fingerprint density at radius 1 is 0.609 bits per heavy atom. The van der Waals surface area contributed by atoms with E-state index in [1.807, 2.05) is 49.3 Å². The maximum atomic E-state index is 13.5. The van der Waals surface area contributed by atoms with Gasteiger partial charge in [0, 0.05) is 82.5 Å². The van der Waals surface area contributed by atoms with Gasteiger partial charge in [-0.05, 0) is 101 Å². The van der Waals surface area contributed by atoms with Crippen LogP contribution < -0.4 is 36.1 Å². The predicted molar refractivity (Wildman–Crippen MR) is 256 cm³/mol. The molecule has 2 heterocycles. The second-order valence-corrected chi connectivity index (χ2v) is 16.5. The monoisotopic (exact) mass is 921 g/mol. The molecule has 0 saturated carbocycles. The summed E-state index contributed by atoms with van der Waals surface area (Å²) in [5.41, 5.74) is 3.24. The Morgan fingerprint density at radius 2 is 1.25 bits per heavy atom. The smallest absolute Gasteiger partial charge is 0.336 e. The van der Waals surface area contributed by atoms with Crippen molar-refractivity contribution in [3.63, 3.8) is 0 Å². The average molecular weight is 922 g/mol. The number of ether oxygens (including phenoxy) is 1. The first-order valence-corrected chi connectivity index (χ1v) is 21.2. The minimum Gasteiger partial charge on any atom is -0.508 e. The van der Waals surface area contributed by atoms with E-state index < -0.39 is 35.2 Å². The number of carbonyl (C=O) groups is 5. The van der Waals surface area contributed by atoms with Crippen LogP contribution >= 0.6 is 0 Å². The highest BCUT2D eigenvalue weighted by atomic mass is 16.5. The van der Waals surface area contributed by atoms with E-state index in [0.717, 1.165) is 17.0 Å². The zero-order valence-electron chi connectivity index (χ0n) is 36.7. The summed E-state index contributed by atoms with van der Waals surface area (Å²) in [4.78, 5) is 79.3. The van der Waals surface area contributed by atoms with Crippen LogP contribution in [0, 0.1) is 0 Å². The molecule has 0 atom stereocenters. The molecule has 342 valence electrons. The van der Waals surface area contributed by atoms with E-state index in [2.05, 4.69) is 17.2 Å². The maximum absolute atomic E-state index is 13.5. The van der Waals surface area contributed by atoms with Crippen molar-refractivity contribution in [1.82, 2.24) is 10.6 Å². The van der Waals surface area contributed by atoms with Crippen LogP contribution in [0.4, 0.5) is 5.69 Å². The summed E-state index contributed by atoms with van der Waals surface area (Å²) in [7, 11) is 3.81. The second-order valence-electron chi connectivity index (χ2n) is 16.5. The van der Waals surface area contributed by atoms with E-state index in [4.69, 9.17) is 9.15 Å². The number of fused-ring (bicyclic) bond motifs is 4. The van der Waals surface area contributed by atoms with Crippen LogP contribution in [0.2, 0.25) is 0 Å². The third-order valence-electron chi connectivity index (χ3n) is 11.9. The van der Waals surface area contributed by atoms with Gasteiger partial charge in [0.25, 0.3) is 11.8 Å². The van der Waals surface area contributed by atoms with Gasteiger partial charge in [0.15, 0.2) is 5.43 Å². The van der Waals surface area contributed by atoms with Gasteiger partial charge in [0.05, 0.1) is 28.8 Å². The fourth-order valence-electron chi connectivity index (χ4n) is 8.41. The molecule has 0 saturated heterocycles. The van der Waals surface area contributed by atoms with Crippen LogP contribution in [0.5, 0.6) is 17.2 Å². The zero-order chi connectivity index (χ0) is 48.8. The number of phenols is 1. The highest BCUT2D eigenvalue weighted by molar-refractivity contribution is 6.09. The summed E-state index contributed by atoms with van der Waals surface area (Å²) in [6, 6.07) is 32.5. The summed E-state index contributed by atoms with van der Waals surface area (Å²) in [6.45, 7) is 3.74. The normalized spacial score (nSPS) is 11.6. The van der Waals surface area contributed by atoms with Crippen LogP contribution in [0.25, 0.3) is 45.6 Å². The molecule has 9 rings (SSSR count). The largest absolute Gasteiger partial charge is 0.508 e. The van der Waals surface area contributed by atoms with E-state index in [1.54, 1.807) is 30.3 Å². The molecular weight excluding hydrogens is 883 g/mol. The van der Waals surface area contributed by atoms with Crippen molar-refractivity contribution in [3.05, 3.63) is 198 Å². The topological polar surface area (TPSA) is 233 Å². The summed E-state index contributed by atoms with van der Waals surface area (Å²) in [6.07, 6.45) is 0. The number of hydrogen-bond donors (Lipinski definition) is 6. The van der Waals surface area contributed by atoms with E-state index in [-0.39, 0.29) is 69.1 Å². The number of amides is 2. The van der Waals surface area contributed by atoms with Crippen molar-refractivity contribution in [3.8, 4) is 39.7 Å². The standard InChI is InChI=1S/C54H39N3O12/c1-27-4-13-36-44(20-27)68-45-23-32(57(2)3)11-16-37(45)47(36)34-14-9-30(21-40(34)53(64)65)51(61)55-25-28-5-7-29(8-6-28)50(60)56-26-42-43(59)19-18-39-48(38-17-12-33(58)24-46(38)69-49(39)42)35-15-10-31(52(62)63)22-41(35)54(66)67/h4-24,58H,1,25-26H2,2-3H3,(H,55,61)(H,56,60)(H,62,63)(H,64,65)(H,66,67). The molecule has 15 heteroatoms. The lowest BCUT2D eigenvalue weighted by molar-refractivity contribution is 0.0682.